The Morgan fingerprint density at radius 2 is 1.50 bits per heavy atom. The van der Waals surface area contributed by atoms with Gasteiger partial charge in [0.05, 0.1) is 11.0 Å². The Bertz CT molecular complexity index is 337. The van der Waals surface area contributed by atoms with E-state index in [4.69, 9.17) is 0 Å². The lowest BCUT2D eigenvalue weighted by atomic mass is 9.71. The SMILES string of the molecule is CC(C)(C)N1C(=O)NC(C)(C)C(C)(C)C1=O. The van der Waals surface area contributed by atoms with Crippen molar-refractivity contribution in [2.75, 3.05) is 0 Å². The van der Waals surface area contributed by atoms with E-state index in [1.807, 2.05) is 48.5 Å². The monoisotopic (exact) mass is 226 g/mol. The molecule has 0 saturated carbocycles. The van der Waals surface area contributed by atoms with Gasteiger partial charge < -0.3 is 5.32 Å². The first-order valence-electron chi connectivity index (χ1n) is 5.58. The van der Waals surface area contributed by atoms with Crippen LogP contribution >= 0.6 is 0 Å². The average molecular weight is 226 g/mol. The summed E-state index contributed by atoms with van der Waals surface area (Å²) in [5.74, 6) is -0.117. The first kappa shape index (κ1) is 13.0. The molecule has 0 radical (unpaired) electrons. The van der Waals surface area contributed by atoms with Crippen molar-refractivity contribution in [2.45, 2.75) is 59.5 Å². The normalized spacial score (nSPS) is 24.3. The summed E-state index contributed by atoms with van der Waals surface area (Å²) in [5, 5.41) is 2.90. The number of nitrogens with one attached hydrogen (secondary N) is 1. The molecule has 1 aliphatic rings. The van der Waals surface area contributed by atoms with Crippen molar-refractivity contribution in [1.82, 2.24) is 10.2 Å². The number of hydrogen-bond acceptors (Lipinski definition) is 2. The van der Waals surface area contributed by atoms with Gasteiger partial charge in [0, 0.05) is 5.54 Å². The van der Waals surface area contributed by atoms with Crippen LogP contribution in [-0.2, 0) is 4.79 Å². The molecule has 1 fully saturated rings. The molecule has 4 heteroatoms. The first-order valence-corrected chi connectivity index (χ1v) is 5.58. The Labute approximate surface area is 97.4 Å². The van der Waals surface area contributed by atoms with Crippen molar-refractivity contribution in [2.24, 2.45) is 5.41 Å². The van der Waals surface area contributed by atoms with Gasteiger partial charge in [0.2, 0.25) is 5.91 Å². The Balaban J connectivity index is 3.22. The maximum atomic E-state index is 12.4. The van der Waals surface area contributed by atoms with E-state index in [0.717, 1.165) is 0 Å². The third-order valence-electron chi connectivity index (χ3n) is 3.59. The van der Waals surface area contributed by atoms with Gasteiger partial charge in [-0.1, -0.05) is 0 Å². The second-order valence-electron chi connectivity index (χ2n) is 6.49. The average Bonchev–Trinajstić information content (AvgIpc) is 1.97. The molecular weight excluding hydrogens is 204 g/mol. The Kier molecular flexibility index (Phi) is 2.61. The minimum Gasteiger partial charge on any atom is -0.332 e. The van der Waals surface area contributed by atoms with Crippen LogP contribution in [0.15, 0.2) is 0 Å². The number of amides is 3. The van der Waals surface area contributed by atoms with Crippen molar-refractivity contribution in [3.8, 4) is 0 Å². The molecule has 0 aromatic carbocycles. The van der Waals surface area contributed by atoms with Crippen LogP contribution in [0.3, 0.4) is 0 Å². The molecule has 3 amide bonds. The van der Waals surface area contributed by atoms with E-state index in [-0.39, 0.29) is 11.9 Å². The Hall–Kier alpha value is -1.06. The summed E-state index contributed by atoms with van der Waals surface area (Å²) in [4.78, 5) is 25.7. The summed E-state index contributed by atoms with van der Waals surface area (Å²) >= 11 is 0. The zero-order valence-corrected chi connectivity index (χ0v) is 11.3. The van der Waals surface area contributed by atoms with Crippen molar-refractivity contribution < 1.29 is 9.59 Å². The van der Waals surface area contributed by atoms with Crippen LogP contribution in [0.4, 0.5) is 4.79 Å². The van der Waals surface area contributed by atoms with Crippen molar-refractivity contribution in [3.63, 3.8) is 0 Å². The van der Waals surface area contributed by atoms with E-state index < -0.39 is 16.5 Å². The number of carbonyl (C=O) groups is 2. The fraction of sp³-hybridized carbons (Fsp3) is 0.833. The summed E-state index contributed by atoms with van der Waals surface area (Å²) in [7, 11) is 0. The topological polar surface area (TPSA) is 49.4 Å². The number of hydrogen-bond donors (Lipinski definition) is 1. The third kappa shape index (κ3) is 1.70. The zero-order chi connectivity index (χ0) is 12.9. The molecule has 0 aliphatic carbocycles. The maximum absolute atomic E-state index is 12.4. The highest BCUT2D eigenvalue weighted by Gasteiger charge is 2.54. The van der Waals surface area contributed by atoms with Gasteiger partial charge in [-0.25, -0.2) is 4.79 Å². The second kappa shape index (κ2) is 3.22. The van der Waals surface area contributed by atoms with Gasteiger partial charge in [0.15, 0.2) is 0 Å². The highest BCUT2D eigenvalue weighted by molar-refractivity contribution is 6.01. The van der Waals surface area contributed by atoms with Gasteiger partial charge in [-0.3, -0.25) is 9.69 Å². The van der Waals surface area contributed by atoms with Gasteiger partial charge in [-0.15, -0.1) is 0 Å². The van der Waals surface area contributed by atoms with Crippen LogP contribution in [0.2, 0.25) is 0 Å². The summed E-state index contributed by atoms with van der Waals surface area (Å²) in [6, 6.07) is -0.304. The van der Waals surface area contributed by atoms with Crippen LogP contribution in [0.1, 0.15) is 48.5 Å². The second-order valence-corrected chi connectivity index (χ2v) is 6.49. The molecule has 0 spiro atoms. The van der Waals surface area contributed by atoms with E-state index in [2.05, 4.69) is 5.32 Å². The lowest BCUT2D eigenvalue weighted by molar-refractivity contribution is -0.148. The summed E-state index contributed by atoms with van der Waals surface area (Å²) < 4.78 is 0. The molecular formula is C12H22N2O2. The molecule has 1 N–H and O–H groups in total. The van der Waals surface area contributed by atoms with Crippen LogP contribution < -0.4 is 5.32 Å². The largest absolute Gasteiger partial charge is 0.332 e. The molecule has 0 aromatic heterocycles. The van der Waals surface area contributed by atoms with E-state index in [1.54, 1.807) is 0 Å². The van der Waals surface area contributed by atoms with Gasteiger partial charge in [0.1, 0.15) is 0 Å². The standard InChI is InChI=1S/C12H22N2O2/c1-10(2,3)14-8(15)11(4,5)12(6,7)13-9(14)16/h1-7H3,(H,13,16). The van der Waals surface area contributed by atoms with Crippen LogP contribution in [0, 0.1) is 5.41 Å². The lowest BCUT2D eigenvalue weighted by Gasteiger charge is -2.51. The molecule has 16 heavy (non-hydrogen) atoms. The van der Waals surface area contributed by atoms with Gasteiger partial charge in [-0.05, 0) is 48.5 Å². The van der Waals surface area contributed by atoms with Gasteiger partial charge in [0.25, 0.3) is 0 Å². The van der Waals surface area contributed by atoms with E-state index >= 15 is 0 Å². The molecule has 0 atom stereocenters. The number of nitrogens with zero attached hydrogens (tertiary/aromatic N) is 1. The number of urea groups is 1. The van der Waals surface area contributed by atoms with E-state index in [1.165, 1.54) is 4.90 Å². The molecule has 1 saturated heterocycles. The molecule has 1 rings (SSSR count). The quantitative estimate of drug-likeness (QED) is 0.688. The number of carbonyl (C=O) groups excluding carboxylic acids is 2. The summed E-state index contributed by atoms with van der Waals surface area (Å²) in [6.07, 6.45) is 0. The summed E-state index contributed by atoms with van der Waals surface area (Å²) in [5.41, 5.74) is -1.62. The molecule has 4 nitrogen and oxygen atoms in total. The fourth-order valence-corrected chi connectivity index (χ4v) is 1.73. The molecule has 0 aromatic rings. The minimum atomic E-state index is -0.603. The van der Waals surface area contributed by atoms with Crippen molar-refractivity contribution in [1.29, 1.82) is 0 Å². The Morgan fingerprint density at radius 3 is 1.88 bits per heavy atom. The molecule has 1 heterocycles. The van der Waals surface area contributed by atoms with Crippen molar-refractivity contribution >= 4 is 11.9 Å². The van der Waals surface area contributed by atoms with Crippen LogP contribution in [-0.4, -0.2) is 27.9 Å². The molecule has 92 valence electrons. The van der Waals surface area contributed by atoms with Gasteiger partial charge in [-0.2, -0.15) is 0 Å². The van der Waals surface area contributed by atoms with Crippen LogP contribution in [0.5, 0.6) is 0 Å². The highest BCUT2D eigenvalue weighted by Crippen LogP contribution is 2.38. The third-order valence-corrected chi connectivity index (χ3v) is 3.59. The van der Waals surface area contributed by atoms with Gasteiger partial charge >= 0.3 is 6.03 Å². The van der Waals surface area contributed by atoms with E-state index in [9.17, 15) is 9.59 Å². The van der Waals surface area contributed by atoms with E-state index in [0.29, 0.717) is 0 Å². The lowest BCUT2D eigenvalue weighted by Crippen LogP contribution is -2.72. The highest BCUT2D eigenvalue weighted by atomic mass is 16.2. The zero-order valence-electron chi connectivity index (χ0n) is 11.3. The first-order chi connectivity index (χ1) is 6.91. The predicted octanol–water partition coefficient (Wildman–Crippen LogP) is 2.14. The van der Waals surface area contributed by atoms with Crippen molar-refractivity contribution in [3.05, 3.63) is 0 Å². The minimum absolute atomic E-state index is 0.117. The Morgan fingerprint density at radius 1 is 1.06 bits per heavy atom. The number of imide groups is 1. The predicted molar refractivity (Wildman–Crippen MR) is 63.0 cm³/mol. The fourth-order valence-electron chi connectivity index (χ4n) is 1.73. The number of rotatable bonds is 0. The molecule has 0 bridgehead atoms. The molecule has 1 aliphatic heterocycles. The molecule has 0 unspecified atom stereocenters. The maximum Gasteiger partial charge on any atom is 0.325 e. The smallest absolute Gasteiger partial charge is 0.325 e. The summed E-state index contributed by atoms with van der Waals surface area (Å²) in [6.45, 7) is 13.1. The van der Waals surface area contributed by atoms with Crippen LogP contribution in [0.25, 0.3) is 0 Å².